The van der Waals surface area contributed by atoms with E-state index in [0.29, 0.717) is 6.42 Å². The average Bonchev–Trinajstić information content (AvgIpc) is 3.20. The number of rotatable bonds is 6. The third-order valence-corrected chi connectivity index (χ3v) is 7.14. The van der Waals surface area contributed by atoms with E-state index in [4.69, 9.17) is 0 Å². The van der Waals surface area contributed by atoms with Crippen molar-refractivity contribution < 1.29 is 9.18 Å². The van der Waals surface area contributed by atoms with E-state index in [2.05, 4.69) is 30.1 Å². The van der Waals surface area contributed by atoms with Crippen LogP contribution in [0.2, 0.25) is 0 Å². The Morgan fingerprint density at radius 1 is 1.10 bits per heavy atom. The fourth-order valence-electron chi connectivity index (χ4n) is 5.33. The number of nitrogens with zero attached hydrogens (tertiary/aromatic N) is 1. The first-order chi connectivity index (χ1) is 15.0. The van der Waals surface area contributed by atoms with Gasteiger partial charge in [-0.25, -0.2) is 4.39 Å². The molecule has 2 aliphatic rings. The predicted molar refractivity (Wildman–Crippen MR) is 126 cm³/mol. The molecule has 1 aliphatic carbocycles. The Kier molecular flexibility index (Phi) is 6.94. The quantitative estimate of drug-likeness (QED) is 0.562. The highest BCUT2D eigenvalue weighted by atomic mass is 19.1. The van der Waals surface area contributed by atoms with Crippen molar-refractivity contribution in [1.82, 2.24) is 0 Å². The molecule has 166 valence electrons. The van der Waals surface area contributed by atoms with E-state index in [9.17, 15) is 9.18 Å². The Morgan fingerprint density at radius 2 is 1.84 bits per heavy atom. The van der Waals surface area contributed by atoms with Gasteiger partial charge >= 0.3 is 0 Å². The topological polar surface area (TPSA) is 32.3 Å². The summed E-state index contributed by atoms with van der Waals surface area (Å²) in [6, 6.07) is 9.06. The summed E-state index contributed by atoms with van der Waals surface area (Å²) >= 11 is 0. The Morgan fingerprint density at radius 3 is 2.58 bits per heavy atom. The number of nitrogens with one attached hydrogen (secondary N) is 1. The van der Waals surface area contributed by atoms with Gasteiger partial charge in [0.05, 0.1) is 0 Å². The summed E-state index contributed by atoms with van der Waals surface area (Å²) in [5.41, 5.74) is 7.05. The number of carbonyl (C=O) groups is 1. The number of benzene rings is 2. The van der Waals surface area contributed by atoms with Crippen LogP contribution in [0.5, 0.6) is 0 Å². The molecule has 3 nitrogen and oxygen atoms in total. The predicted octanol–water partition coefficient (Wildman–Crippen LogP) is 6.69. The first-order valence-electron chi connectivity index (χ1n) is 11.9. The smallest absolute Gasteiger partial charge is 0.224 e. The molecule has 1 N–H and O–H groups in total. The number of carbonyl (C=O) groups excluding carboxylic acids is 1. The van der Waals surface area contributed by atoms with Gasteiger partial charge in [-0.2, -0.15) is 0 Å². The van der Waals surface area contributed by atoms with Crippen molar-refractivity contribution in [2.75, 3.05) is 16.8 Å². The zero-order valence-corrected chi connectivity index (χ0v) is 19.0. The largest absolute Gasteiger partial charge is 0.367 e. The highest BCUT2D eigenvalue weighted by Crippen LogP contribution is 2.37. The molecule has 0 saturated heterocycles. The summed E-state index contributed by atoms with van der Waals surface area (Å²) in [7, 11) is 0. The molecule has 1 heterocycles. The minimum atomic E-state index is -0.194. The molecule has 1 amide bonds. The number of hydrogen-bond acceptors (Lipinski definition) is 2. The van der Waals surface area contributed by atoms with Crippen LogP contribution in [0.25, 0.3) is 0 Å². The Labute approximate surface area is 186 Å². The molecule has 1 saturated carbocycles. The molecular weight excluding hydrogens is 387 g/mol. The van der Waals surface area contributed by atoms with E-state index in [0.717, 1.165) is 61.5 Å². The molecule has 4 rings (SSSR count). The summed E-state index contributed by atoms with van der Waals surface area (Å²) in [4.78, 5) is 15.1. The zero-order chi connectivity index (χ0) is 21.8. The van der Waals surface area contributed by atoms with Crippen LogP contribution in [0.15, 0.2) is 30.3 Å². The first kappa shape index (κ1) is 21.9. The SMILES string of the molecule is Cc1cc2c(c(C)c1NC(=O)CCC1CCCC1)CCCCN2Cc1ccc(F)cc1. The minimum Gasteiger partial charge on any atom is -0.367 e. The van der Waals surface area contributed by atoms with Crippen LogP contribution in [0.4, 0.5) is 15.8 Å². The molecule has 31 heavy (non-hydrogen) atoms. The first-order valence-corrected chi connectivity index (χ1v) is 11.9. The van der Waals surface area contributed by atoms with E-state index in [1.165, 1.54) is 54.6 Å². The average molecular weight is 423 g/mol. The van der Waals surface area contributed by atoms with Crippen LogP contribution in [0.1, 0.15) is 73.6 Å². The van der Waals surface area contributed by atoms with Crippen molar-refractivity contribution in [3.63, 3.8) is 0 Å². The Balaban J connectivity index is 1.52. The number of hydrogen-bond donors (Lipinski definition) is 1. The molecule has 2 aromatic carbocycles. The molecule has 1 fully saturated rings. The van der Waals surface area contributed by atoms with Crippen molar-refractivity contribution in [2.45, 2.75) is 78.2 Å². The van der Waals surface area contributed by atoms with E-state index < -0.39 is 0 Å². The molecule has 0 unspecified atom stereocenters. The maximum Gasteiger partial charge on any atom is 0.224 e. The maximum absolute atomic E-state index is 13.3. The Bertz CT molecular complexity index is 916. The minimum absolute atomic E-state index is 0.148. The van der Waals surface area contributed by atoms with E-state index >= 15 is 0 Å². The maximum atomic E-state index is 13.3. The van der Waals surface area contributed by atoms with E-state index in [1.54, 1.807) is 0 Å². The standard InChI is InChI=1S/C27H35FN2O/c1-19-17-25-24(9-5-6-16-30(25)18-22-10-13-23(28)14-11-22)20(2)27(19)29-26(31)15-12-21-7-3-4-8-21/h10-11,13-14,17,21H,3-9,12,15-16,18H2,1-2H3,(H,29,31). The van der Waals surface area contributed by atoms with E-state index in [1.807, 2.05) is 12.1 Å². The lowest BCUT2D eigenvalue weighted by Gasteiger charge is -2.28. The number of amides is 1. The summed E-state index contributed by atoms with van der Waals surface area (Å²) in [6.07, 6.45) is 10.2. The molecular formula is C27H35FN2O. The molecule has 2 aromatic rings. The fourth-order valence-corrected chi connectivity index (χ4v) is 5.33. The van der Waals surface area contributed by atoms with Crippen LogP contribution in [0, 0.1) is 25.6 Å². The fraction of sp³-hybridized carbons (Fsp3) is 0.519. The van der Waals surface area contributed by atoms with Gasteiger partial charge in [0.1, 0.15) is 5.82 Å². The number of halogens is 1. The zero-order valence-electron chi connectivity index (χ0n) is 19.0. The molecule has 4 heteroatoms. The summed E-state index contributed by atoms with van der Waals surface area (Å²) in [5.74, 6) is 0.690. The van der Waals surface area contributed by atoms with Gasteiger partial charge in [0.25, 0.3) is 0 Å². The summed E-state index contributed by atoms with van der Waals surface area (Å²) in [5, 5.41) is 3.24. The van der Waals surface area contributed by atoms with Crippen LogP contribution >= 0.6 is 0 Å². The monoisotopic (exact) mass is 422 g/mol. The lowest BCUT2D eigenvalue weighted by atomic mass is 9.96. The molecule has 0 atom stereocenters. The molecule has 0 bridgehead atoms. The second-order valence-corrected chi connectivity index (χ2v) is 9.43. The highest BCUT2D eigenvalue weighted by Gasteiger charge is 2.22. The van der Waals surface area contributed by atoms with Gasteiger partial charge in [-0.15, -0.1) is 0 Å². The highest BCUT2D eigenvalue weighted by molar-refractivity contribution is 5.93. The lowest BCUT2D eigenvalue weighted by Crippen LogP contribution is -2.24. The van der Waals surface area contributed by atoms with Gasteiger partial charge in [-0.3, -0.25) is 4.79 Å². The third kappa shape index (κ3) is 5.28. The van der Waals surface area contributed by atoms with Crippen LogP contribution in [0.3, 0.4) is 0 Å². The van der Waals surface area contributed by atoms with E-state index in [-0.39, 0.29) is 11.7 Å². The van der Waals surface area contributed by atoms with Crippen molar-refractivity contribution in [3.8, 4) is 0 Å². The second-order valence-electron chi connectivity index (χ2n) is 9.43. The van der Waals surface area contributed by atoms with Crippen LogP contribution < -0.4 is 10.2 Å². The molecule has 0 spiro atoms. The van der Waals surface area contributed by atoms with Crippen molar-refractivity contribution in [3.05, 3.63) is 58.4 Å². The number of aryl methyl sites for hydroxylation is 1. The Hall–Kier alpha value is -2.36. The lowest BCUT2D eigenvalue weighted by molar-refractivity contribution is -0.116. The van der Waals surface area contributed by atoms with Gasteiger partial charge in [0, 0.05) is 30.9 Å². The normalized spacial score (nSPS) is 16.8. The molecule has 0 aromatic heterocycles. The van der Waals surface area contributed by atoms with Gasteiger partial charge in [-0.1, -0.05) is 37.8 Å². The van der Waals surface area contributed by atoms with Gasteiger partial charge in [-0.05, 0) is 85.9 Å². The van der Waals surface area contributed by atoms with Gasteiger partial charge in [0.2, 0.25) is 5.91 Å². The third-order valence-electron chi connectivity index (χ3n) is 7.14. The van der Waals surface area contributed by atoms with Gasteiger partial charge < -0.3 is 10.2 Å². The van der Waals surface area contributed by atoms with Crippen LogP contribution in [-0.4, -0.2) is 12.5 Å². The van der Waals surface area contributed by atoms with Gasteiger partial charge in [0.15, 0.2) is 0 Å². The number of anilines is 2. The number of fused-ring (bicyclic) bond motifs is 1. The molecule has 0 radical (unpaired) electrons. The summed E-state index contributed by atoms with van der Waals surface area (Å²) in [6.45, 7) is 6.02. The second kappa shape index (κ2) is 9.84. The van der Waals surface area contributed by atoms with Crippen molar-refractivity contribution in [1.29, 1.82) is 0 Å². The summed E-state index contributed by atoms with van der Waals surface area (Å²) < 4.78 is 13.3. The van der Waals surface area contributed by atoms with Crippen LogP contribution in [-0.2, 0) is 17.8 Å². The van der Waals surface area contributed by atoms with Crippen molar-refractivity contribution in [2.24, 2.45) is 5.92 Å². The van der Waals surface area contributed by atoms with Crippen molar-refractivity contribution >= 4 is 17.3 Å². The molecule has 1 aliphatic heterocycles.